The number of nitrogens with one attached hydrogen (secondary N) is 1. The number of carbonyl (C=O) groups is 1. The molecule has 7 nitrogen and oxygen atoms in total. The highest BCUT2D eigenvalue weighted by molar-refractivity contribution is 7.89. The van der Waals surface area contributed by atoms with Gasteiger partial charge in [0.1, 0.15) is 0 Å². The number of benzene rings is 1. The zero-order valence-corrected chi connectivity index (χ0v) is 17.2. The van der Waals surface area contributed by atoms with Crippen molar-refractivity contribution < 1.29 is 13.2 Å². The third-order valence-electron chi connectivity index (χ3n) is 4.92. The molecule has 0 radical (unpaired) electrons. The number of unbranched alkanes of at least 4 members (excludes halogenated alkanes) is 1. The topological polar surface area (TPSA) is 95.7 Å². The molecule has 1 aromatic carbocycles. The number of carbonyl (C=O) groups excluding carboxylic acids is 1. The molecule has 1 aliphatic rings. The molecule has 2 rings (SSSR count). The van der Waals surface area contributed by atoms with Crippen molar-refractivity contribution in [2.45, 2.75) is 44.4 Å². The van der Waals surface area contributed by atoms with Crippen molar-refractivity contribution >= 4 is 21.6 Å². The normalized spacial score (nSPS) is 14.7. The van der Waals surface area contributed by atoms with Crippen molar-refractivity contribution in [3.05, 3.63) is 23.8 Å². The lowest BCUT2D eigenvalue weighted by Gasteiger charge is -2.23. The Hall–Kier alpha value is -1.64. The lowest BCUT2D eigenvalue weighted by Crippen LogP contribution is -2.32. The number of nitrogens with zero attached hydrogens (tertiary/aromatic N) is 2. The lowest BCUT2D eigenvalue weighted by molar-refractivity contribution is 0.0953. The first-order valence-corrected chi connectivity index (χ1v) is 11.3. The minimum Gasteiger partial charge on any atom is -0.371 e. The van der Waals surface area contributed by atoms with Gasteiger partial charge >= 0.3 is 0 Å². The SMILES string of the molecule is CCN(CC)S(=O)(=O)c1ccc(N2CCCC2)c(C(=O)NCCCCN)c1. The second-order valence-corrected chi connectivity index (χ2v) is 8.65. The van der Waals surface area contributed by atoms with Gasteiger partial charge in [0.05, 0.1) is 10.5 Å². The number of anilines is 1. The Bertz CT molecular complexity index is 726. The van der Waals surface area contributed by atoms with E-state index in [-0.39, 0.29) is 10.8 Å². The first-order valence-electron chi connectivity index (χ1n) is 9.83. The van der Waals surface area contributed by atoms with Crippen LogP contribution in [0.2, 0.25) is 0 Å². The monoisotopic (exact) mass is 396 g/mol. The van der Waals surface area contributed by atoms with E-state index in [0.29, 0.717) is 31.7 Å². The molecule has 0 saturated carbocycles. The van der Waals surface area contributed by atoms with Crippen molar-refractivity contribution in [1.29, 1.82) is 0 Å². The molecule has 1 amide bonds. The maximum Gasteiger partial charge on any atom is 0.253 e. The van der Waals surface area contributed by atoms with Crippen LogP contribution in [-0.2, 0) is 10.0 Å². The molecule has 1 fully saturated rings. The predicted octanol–water partition coefficient (Wildman–Crippen LogP) is 1.79. The summed E-state index contributed by atoms with van der Waals surface area (Å²) in [5, 5.41) is 2.90. The summed E-state index contributed by atoms with van der Waals surface area (Å²) in [4.78, 5) is 15.1. The van der Waals surface area contributed by atoms with Gasteiger partial charge in [-0.15, -0.1) is 0 Å². The Morgan fingerprint density at radius 3 is 2.44 bits per heavy atom. The minimum atomic E-state index is -3.61. The largest absolute Gasteiger partial charge is 0.371 e. The number of amides is 1. The highest BCUT2D eigenvalue weighted by Gasteiger charge is 2.26. The van der Waals surface area contributed by atoms with E-state index < -0.39 is 10.0 Å². The smallest absolute Gasteiger partial charge is 0.253 e. The second kappa shape index (κ2) is 10.1. The van der Waals surface area contributed by atoms with Crippen molar-refractivity contribution in [3.8, 4) is 0 Å². The van der Waals surface area contributed by atoms with Gasteiger partial charge in [-0.25, -0.2) is 8.42 Å². The van der Waals surface area contributed by atoms with Crippen LogP contribution in [0.15, 0.2) is 23.1 Å². The number of sulfonamides is 1. The van der Waals surface area contributed by atoms with Crippen LogP contribution in [0.5, 0.6) is 0 Å². The van der Waals surface area contributed by atoms with Crippen LogP contribution >= 0.6 is 0 Å². The van der Waals surface area contributed by atoms with Gasteiger partial charge in [0.15, 0.2) is 0 Å². The molecule has 3 N–H and O–H groups in total. The van der Waals surface area contributed by atoms with Crippen LogP contribution in [0.4, 0.5) is 5.69 Å². The number of rotatable bonds is 10. The van der Waals surface area contributed by atoms with Crippen molar-refractivity contribution in [2.24, 2.45) is 5.73 Å². The minimum absolute atomic E-state index is 0.168. The van der Waals surface area contributed by atoms with Gasteiger partial charge in [-0.1, -0.05) is 13.8 Å². The number of hydrogen-bond donors (Lipinski definition) is 2. The van der Waals surface area contributed by atoms with Gasteiger partial charge < -0.3 is 16.0 Å². The number of nitrogens with two attached hydrogens (primary N) is 1. The average molecular weight is 397 g/mol. The molecule has 0 atom stereocenters. The van der Waals surface area contributed by atoms with Crippen molar-refractivity contribution in [3.63, 3.8) is 0 Å². The molecule has 1 heterocycles. The van der Waals surface area contributed by atoms with Crippen LogP contribution in [0.25, 0.3) is 0 Å². The van der Waals surface area contributed by atoms with E-state index in [1.54, 1.807) is 12.1 Å². The van der Waals surface area contributed by atoms with Gasteiger partial charge in [0.2, 0.25) is 10.0 Å². The summed E-state index contributed by atoms with van der Waals surface area (Å²) in [5.74, 6) is -0.231. The molecule has 0 aliphatic carbocycles. The van der Waals surface area contributed by atoms with E-state index in [1.165, 1.54) is 10.4 Å². The van der Waals surface area contributed by atoms with Gasteiger partial charge in [0, 0.05) is 38.4 Å². The van der Waals surface area contributed by atoms with Gasteiger partial charge in [-0.2, -0.15) is 4.31 Å². The Kier molecular flexibility index (Phi) is 8.07. The lowest BCUT2D eigenvalue weighted by atomic mass is 10.1. The molecular formula is C19H32N4O3S. The zero-order valence-electron chi connectivity index (χ0n) is 16.4. The third-order valence-corrected chi connectivity index (χ3v) is 6.96. The van der Waals surface area contributed by atoms with Gasteiger partial charge in [-0.05, 0) is 50.4 Å². The summed E-state index contributed by atoms with van der Waals surface area (Å²) in [6, 6.07) is 4.92. The first-order chi connectivity index (χ1) is 13.0. The Morgan fingerprint density at radius 1 is 1.19 bits per heavy atom. The Balaban J connectivity index is 2.35. The maximum atomic E-state index is 12.9. The fraction of sp³-hybridized carbons (Fsp3) is 0.632. The van der Waals surface area contributed by atoms with Gasteiger partial charge in [-0.3, -0.25) is 4.79 Å². The molecule has 1 saturated heterocycles. The van der Waals surface area contributed by atoms with E-state index in [2.05, 4.69) is 10.2 Å². The molecule has 0 bridgehead atoms. The average Bonchev–Trinajstić information content (AvgIpc) is 3.20. The molecule has 1 aromatic rings. The summed E-state index contributed by atoms with van der Waals surface area (Å²) >= 11 is 0. The van der Waals surface area contributed by atoms with E-state index in [9.17, 15) is 13.2 Å². The molecular weight excluding hydrogens is 364 g/mol. The summed E-state index contributed by atoms with van der Waals surface area (Å²) in [5.41, 5.74) is 6.73. The summed E-state index contributed by atoms with van der Waals surface area (Å²) in [6.45, 7) is 7.30. The summed E-state index contributed by atoms with van der Waals surface area (Å²) in [7, 11) is -3.61. The van der Waals surface area contributed by atoms with E-state index in [4.69, 9.17) is 5.73 Å². The molecule has 152 valence electrons. The van der Waals surface area contributed by atoms with E-state index >= 15 is 0 Å². The highest BCUT2D eigenvalue weighted by atomic mass is 32.2. The van der Waals surface area contributed by atoms with Crippen LogP contribution in [0, 0.1) is 0 Å². The van der Waals surface area contributed by atoms with Crippen LogP contribution in [-0.4, -0.2) is 57.9 Å². The standard InChI is InChI=1S/C19H32N4O3S/c1-3-23(4-2)27(25,26)16-9-10-18(22-13-7-8-14-22)17(15-16)19(24)21-12-6-5-11-20/h9-10,15H,3-8,11-14,20H2,1-2H3,(H,21,24). The molecule has 27 heavy (non-hydrogen) atoms. The first kappa shape index (κ1) is 21.7. The molecule has 0 aromatic heterocycles. The predicted molar refractivity (Wildman–Crippen MR) is 109 cm³/mol. The fourth-order valence-electron chi connectivity index (χ4n) is 3.37. The Labute approximate surface area is 163 Å². The van der Waals surface area contributed by atoms with E-state index in [0.717, 1.165) is 44.5 Å². The Morgan fingerprint density at radius 2 is 1.85 bits per heavy atom. The quantitative estimate of drug-likeness (QED) is 0.588. The summed E-state index contributed by atoms with van der Waals surface area (Å²) < 4.78 is 27.1. The molecule has 0 spiro atoms. The van der Waals surface area contributed by atoms with Crippen LogP contribution < -0.4 is 16.0 Å². The number of hydrogen-bond acceptors (Lipinski definition) is 5. The fourth-order valence-corrected chi connectivity index (χ4v) is 4.86. The van der Waals surface area contributed by atoms with Crippen molar-refractivity contribution in [2.75, 3.05) is 44.2 Å². The maximum absolute atomic E-state index is 12.9. The molecule has 1 aliphatic heterocycles. The van der Waals surface area contributed by atoms with Crippen molar-refractivity contribution in [1.82, 2.24) is 9.62 Å². The molecule has 8 heteroatoms. The van der Waals surface area contributed by atoms with Crippen LogP contribution in [0.1, 0.15) is 49.9 Å². The van der Waals surface area contributed by atoms with E-state index in [1.807, 2.05) is 13.8 Å². The highest BCUT2D eigenvalue weighted by Crippen LogP contribution is 2.28. The molecule has 0 unspecified atom stereocenters. The van der Waals surface area contributed by atoms with Crippen LogP contribution in [0.3, 0.4) is 0 Å². The van der Waals surface area contributed by atoms with Gasteiger partial charge in [0.25, 0.3) is 5.91 Å². The summed E-state index contributed by atoms with van der Waals surface area (Å²) in [6.07, 6.45) is 3.81. The zero-order chi connectivity index (χ0) is 19.9. The second-order valence-electron chi connectivity index (χ2n) is 6.71. The third kappa shape index (κ3) is 5.21.